The SMILES string of the molecule is COC(=O)N[C@H]1CCCC[C@H]1Nc1nc(Nc2cccc(C)c2)c2c(c1Cl)CNC2=O. The monoisotopic (exact) mass is 443 g/mol. The molecule has 1 aromatic carbocycles. The summed E-state index contributed by atoms with van der Waals surface area (Å²) in [4.78, 5) is 28.9. The van der Waals surface area contributed by atoms with Crippen LogP contribution in [0.3, 0.4) is 0 Å². The van der Waals surface area contributed by atoms with Gasteiger partial charge in [-0.05, 0) is 37.5 Å². The van der Waals surface area contributed by atoms with Crippen LogP contribution in [0.15, 0.2) is 24.3 Å². The number of nitrogens with zero attached hydrogens (tertiary/aromatic N) is 1. The van der Waals surface area contributed by atoms with Gasteiger partial charge in [-0.25, -0.2) is 9.78 Å². The van der Waals surface area contributed by atoms with Gasteiger partial charge >= 0.3 is 6.09 Å². The second kappa shape index (κ2) is 9.01. The van der Waals surface area contributed by atoms with Gasteiger partial charge in [-0.15, -0.1) is 0 Å². The zero-order valence-electron chi connectivity index (χ0n) is 17.5. The van der Waals surface area contributed by atoms with Crippen molar-refractivity contribution in [2.75, 3.05) is 17.7 Å². The molecule has 1 saturated carbocycles. The van der Waals surface area contributed by atoms with Crippen molar-refractivity contribution in [1.82, 2.24) is 15.6 Å². The Morgan fingerprint density at radius 1 is 1.23 bits per heavy atom. The molecular weight excluding hydrogens is 418 g/mol. The molecule has 1 fully saturated rings. The van der Waals surface area contributed by atoms with Crippen LogP contribution < -0.4 is 21.3 Å². The third-order valence-electron chi connectivity index (χ3n) is 5.75. The fourth-order valence-corrected chi connectivity index (χ4v) is 4.45. The molecule has 2 heterocycles. The first kappa shape index (κ1) is 21.2. The molecule has 1 aliphatic heterocycles. The number of carbonyl (C=O) groups excluding carboxylic acids is 2. The Balaban J connectivity index is 1.66. The molecule has 9 heteroatoms. The number of alkyl carbamates (subject to hydrolysis) is 1. The number of amides is 2. The molecule has 4 N–H and O–H groups in total. The van der Waals surface area contributed by atoms with Gasteiger partial charge in [0.15, 0.2) is 0 Å². The lowest BCUT2D eigenvalue weighted by atomic mass is 9.90. The Morgan fingerprint density at radius 2 is 2.00 bits per heavy atom. The number of anilines is 3. The van der Waals surface area contributed by atoms with Gasteiger partial charge < -0.3 is 26.0 Å². The van der Waals surface area contributed by atoms with Crippen LogP contribution in [0.2, 0.25) is 5.02 Å². The Labute approximate surface area is 186 Å². The summed E-state index contributed by atoms with van der Waals surface area (Å²) < 4.78 is 4.77. The van der Waals surface area contributed by atoms with Crippen molar-refractivity contribution in [3.63, 3.8) is 0 Å². The summed E-state index contributed by atoms with van der Waals surface area (Å²) in [5.74, 6) is 0.750. The Kier molecular flexibility index (Phi) is 6.18. The average Bonchev–Trinajstić information content (AvgIpc) is 3.15. The number of hydrogen-bond donors (Lipinski definition) is 4. The highest BCUT2D eigenvalue weighted by Crippen LogP contribution is 2.37. The first-order chi connectivity index (χ1) is 15.0. The number of aryl methyl sites for hydroxylation is 1. The van der Waals surface area contributed by atoms with Crippen molar-refractivity contribution in [1.29, 1.82) is 0 Å². The fourth-order valence-electron chi connectivity index (χ4n) is 4.19. The van der Waals surface area contributed by atoms with E-state index in [1.165, 1.54) is 7.11 Å². The van der Waals surface area contributed by atoms with E-state index >= 15 is 0 Å². The normalized spacial score (nSPS) is 19.9. The maximum absolute atomic E-state index is 12.5. The van der Waals surface area contributed by atoms with E-state index in [9.17, 15) is 9.59 Å². The number of carbonyl (C=O) groups is 2. The number of aromatic nitrogens is 1. The number of pyridine rings is 1. The van der Waals surface area contributed by atoms with Crippen LogP contribution in [0.25, 0.3) is 0 Å². The number of nitrogens with one attached hydrogen (secondary N) is 4. The number of ether oxygens (including phenoxy) is 1. The van der Waals surface area contributed by atoms with Gasteiger partial charge in [0.25, 0.3) is 5.91 Å². The third kappa shape index (κ3) is 4.54. The molecule has 2 aliphatic rings. The van der Waals surface area contributed by atoms with Gasteiger partial charge in [-0.2, -0.15) is 0 Å². The quantitative estimate of drug-likeness (QED) is 0.554. The van der Waals surface area contributed by atoms with Crippen LogP contribution in [0, 0.1) is 6.92 Å². The number of halogens is 1. The van der Waals surface area contributed by atoms with E-state index in [1.807, 2.05) is 31.2 Å². The summed E-state index contributed by atoms with van der Waals surface area (Å²) in [6.45, 7) is 2.35. The maximum atomic E-state index is 12.5. The number of benzene rings is 1. The molecule has 31 heavy (non-hydrogen) atoms. The van der Waals surface area contributed by atoms with Gasteiger partial charge in [0.05, 0.1) is 23.7 Å². The average molecular weight is 444 g/mol. The fraction of sp³-hybridized carbons (Fsp3) is 0.409. The molecule has 164 valence electrons. The van der Waals surface area contributed by atoms with Crippen molar-refractivity contribution < 1.29 is 14.3 Å². The number of hydrogen-bond acceptors (Lipinski definition) is 6. The standard InChI is InChI=1S/C22H26ClN5O3/c1-12-6-5-7-13(10-12)25-19-17-14(11-24-21(17)29)18(23)20(28-19)26-15-8-3-4-9-16(15)27-22(30)31-2/h5-7,10,15-16H,3-4,8-9,11H2,1-2H3,(H,24,29)(H,27,30)(H2,25,26,28)/t15-,16+/m1/s1. The number of fused-ring (bicyclic) bond motifs is 1. The lowest BCUT2D eigenvalue weighted by Gasteiger charge is -2.33. The summed E-state index contributed by atoms with van der Waals surface area (Å²) in [5, 5.41) is 12.8. The molecule has 0 radical (unpaired) electrons. The minimum atomic E-state index is -0.455. The van der Waals surface area contributed by atoms with E-state index in [0.29, 0.717) is 34.3 Å². The minimum absolute atomic E-state index is 0.0483. The van der Waals surface area contributed by atoms with Gasteiger partial charge in [-0.3, -0.25) is 4.79 Å². The lowest BCUT2D eigenvalue weighted by molar-refractivity contribution is 0.0966. The van der Waals surface area contributed by atoms with E-state index in [2.05, 4.69) is 26.3 Å². The predicted octanol–water partition coefficient (Wildman–Crippen LogP) is 4.11. The van der Waals surface area contributed by atoms with Crippen LogP contribution in [0.5, 0.6) is 0 Å². The molecule has 0 saturated heterocycles. The maximum Gasteiger partial charge on any atom is 0.407 e. The molecule has 2 atom stereocenters. The van der Waals surface area contributed by atoms with E-state index in [1.54, 1.807) is 0 Å². The Hall–Kier alpha value is -3.00. The van der Waals surface area contributed by atoms with E-state index < -0.39 is 6.09 Å². The predicted molar refractivity (Wildman–Crippen MR) is 120 cm³/mol. The van der Waals surface area contributed by atoms with Crippen LogP contribution >= 0.6 is 11.6 Å². The Morgan fingerprint density at radius 3 is 2.74 bits per heavy atom. The summed E-state index contributed by atoms with van der Waals surface area (Å²) in [6.07, 6.45) is 3.30. The smallest absolute Gasteiger partial charge is 0.407 e. The summed E-state index contributed by atoms with van der Waals surface area (Å²) in [6, 6.07) is 7.71. The van der Waals surface area contributed by atoms with Crippen LogP contribution in [0.4, 0.5) is 22.1 Å². The molecule has 1 aromatic heterocycles. The van der Waals surface area contributed by atoms with Gasteiger partial charge in [0.2, 0.25) is 0 Å². The molecule has 0 spiro atoms. The van der Waals surface area contributed by atoms with Crippen LogP contribution in [-0.4, -0.2) is 36.2 Å². The highest BCUT2D eigenvalue weighted by atomic mass is 35.5. The van der Waals surface area contributed by atoms with Crippen LogP contribution in [-0.2, 0) is 11.3 Å². The van der Waals surface area contributed by atoms with Crippen LogP contribution in [0.1, 0.15) is 47.2 Å². The van der Waals surface area contributed by atoms with Gasteiger partial charge in [-0.1, -0.05) is 36.6 Å². The van der Waals surface area contributed by atoms with Crippen molar-refractivity contribution in [2.45, 2.75) is 51.2 Å². The van der Waals surface area contributed by atoms with E-state index in [-0.39, 0.29) is 18.0 Å². The Bertz CT molecular complexity index is 1010. The number of rotatable bonds is 5. The minimum Gasteiger partial charge on any atom is -0.453 e. The topological polar surface area (TPSA) is 104 Å². The van der Waals surface area contributed by atoms with Crippen molar-refractivity contribution in [3.8, 4) is 0 Å². The zero-order valence-corrected chi connectivity index (χ0v) is 18.3. The zero-order chi connectivity index (χ0) is 22.0. The number of methoxy groups -OCH3 is 1. The molecule has 2 aromatic rings. The highest BCUT2D eigenvalue weighted by Gasteiger charge is 2.32. The summed E-state index contributed by atoms with van der Waals surface area (Å²) in [5.41, 5.74) is 3.11. The largest absolute Gasteiger partial charge is 0.453 e. The van der Waals surface area contributed by atoms with Crippen molar-refractivity contribution in [2.24, 2.45) is 0 Å². The van der Waals surface area contributed by atoms with Gasteiger partial charge in [0, 0.05) is 23.8 Å². The molecular formula is C22H26ClN5O3. The molecule has 1 aliphatic carbocycles. The van der Waals surface area contributed by atoms with E-state index in [4.69, 9.17) is 16.3 Å². The van der Waals surface area contributed by atoms with Gasteiger partial charge in [0.1, 0.15) is 11.6 Å². The molecule has 0 unspecified atom stereocenters. The summed E-state index contributed by atoms with van der Waals surface area (Å²) in [7, 11) is 1.35. The summed E-state index contributed by atoms with van der Waals surface area (Å²) >= 11 is 6.66. The molecule has 0 bridgehead atoms. The molecule has 2 amide bonds. The third-order valence-corrected chi connectivity index (χ3v) is 6.15. The first-order valence-electron chi connectivity index (χ1n) is 10.4. The van der Waals surface area contributed by atoms with Crippen molar-refractivity contribution >= 4 is 40.9 Å². The van der Waals surface area contributed by atoms with Crippen molar-refractivity contribution in [3.05, 3.63) is 46.0 Å². The second-order valence-corrected chi connectivity index (χ2v) is 8.31. The lowest BCUT2D eigenvalue weighted by Crippen LogP contribution is -2.48. The first-order valence-corrected chi connectivity index (χ1v) is 10.8. The highest BCUT2D eigenvalue weighted by molar-refractivity contribution is 6.34. The van der Waals surface area contributed by atoms with E-state index in [0.717, 1.165) is 36.9 Å². The molecule has 8 nitrogen and oxygen atoms in total. The molecule has 4 rings (SSSR count). The second-order valence-electron chi connectivity index (χ2n) is 7.93.